The second kappa shape index (κ2) is 9.89. The van der Waals surface area contributed by atoms with Gasteiger partial charge in [-0.3, -0.25) is 0 Å². The summed E-state index contributed by atoms with van der Waals surface area (Å²) in [5.41, 5.74) is -4.13. The molecule has 0 radical (unpaired) electrons. The summed E-state index contributed by atoms with van der Waals surface area (Å²) < 4.78 is 108. The third-order valence-corrected chi connectivity index (χ3v) is 9.59. The first-order valence-electron chi connectivity index (χ1n) is 14.7. The van der Waals surface area contributed by atoms with E-state index in [1.165, 1.54) is 72.8 Å². The van der Waals surface area contributed by atoms with Crippen LogP contribution in [0.3, 0.4) is 0 Å². The molecule has 0 aromatic heterocycles. The highest BCUT2D eigenvalue weighted by Gasteiger charge is 2.65. The van der Waals surface area contributed by atoms with E-state index < -0.39 is 23.2 Å². The van der Waals surface area contributed by atoms with Crippen molar-refractivity contribution in [1.29, 1.82) is 0 Å². The summed E-state index contributed by atoms with van der Waals surface area (Å²) in [6, 6.07) is 23.0. The first-order chi connectivity index (χ1) is 21.7. The summed E-state index contributed by atoms with van der Waals surface area (Å²) in [5, 5.41) is 0. The van der Waals surface area contributed by atoms with Gasteiger partial charge in [-0.25, -0.2) is 0 Å². The van der Waals surface area contributed by atoms with E-state index in [0.29, 0.717) is 22.3 Å². The molecular weight excluding hydrogens is 602 g/mol. The van der Waals surface area contributed by atoms with Crippen molar-refractivity contribution in [2.45, 2.75) is 50.9 Å². The van der Waals surface area contributed by atoms with Gasteiger partial charge in [0.25, 0.3) is 0 Å². The maximum Gasteiger partial charge on any atom is 0.406 e. The number of hydrogen-bond donors (Lipinski definition) is 0. The van der Waals surface area contributed by atoms with Crippen molar-refractivity contribution in [3.63, 3.8) is 0 Å². The summed E-state index contributed by atoms with van der Waals surface area (Å²) in [7, 11) is 0. The molecule has 0 saturated carbocycles. The molecule has 234 valence electrons. The van der Waals surface area contributed by atoms with Crippen LogP contribution in [0, 0.1) is 27.7 Å². The smallest absolute Gasteiger partial charge is 0.406 e. The van der Waals surface area contributed by atoms with Crippen LogP contribution in [0.1, 0.15) is 55.6 Å². The molecule has 8 heteroatoms. The highest BCUT2D eigenvalue weighted by atomic mass is 19.4. The molecule has 7 rings (SSSR count). The number of ether oxygens (including phenoxy) is 2. The van der Waals surface area contributed by atoms with E-state index in [9.17, 15) is 0 Å². The zero-order valence-corrected chi connectivity index (χ0v) is 25.3. The SMILES string of the molecule is Cc1cc2c(cc1C)C(c1ccccc1)(C(F)(F)F)c1cc3c(cc1O2)C(c1ccccc1)(C(F)(F)F)c1cc(C)c(C)cc1O3. The van der Waals surface area contributed by atoms with E-state index >= 15 is 26.3 Å². The topological polar surface area (TPSA) is 18.5 Å². The summed E-state index contributed by atoms with van der Waals surface area (Å²) in [6.07, 6.45) is -9.86. The maximum absolute atomic E-state index is 16.0. The molecule has 0 spiro atoms. The Hall–Kier alpha value is -4.72. The van der Waals surface area contributed by atoms with Gasteiger partial charge in [-0.1, -0.05) is 72.8 Å². The summed E-state index contributed by atoms with van der Waals surface area (Å²) in [6.45, 7) is 6.93. The third-order valence-electron chi connectivity index (χ3n) is 9.59. The Morgan fingerprint density at radius 3 is 1.02 bits per heavy atom. The molecule has 2 heterocycles. The van der Waals surface area contributed by atoms with Crippen LogP contribution in [0.5, 0.6) is 23.0 Å². The van der Waals surface area contributed by atoms with Crippen LogP contribution in [0.2, 0.25) is 0 Å². The molecule has 2 aliphatic rings. The number of rotatable bonds is 2. The van der Waals surface area contributed by atoms with E-state index in [1.807, 2.05) is 0 Å². The Balaban J connectivity index is 1.65. The molecule has 0 aliphatic carbocycles. The fourth-order valence-electron chi connectivity index (χ4n) is 7.11. The van der Waals surface area contributed by atoms with Crippen molar-refractivity contribution in [3.05, 3.63) is 153 Å². The molecule has 0 saturated heterocycles. The van der Waals surface area contributed by atoms with Crippen molar-refractivity contribution < 1.29 is 35.8 Å². The first kappa shape index (κ1) is 30.0. The van der Waals surface area contributed by atoms with Crippen LogP contribution in [-0.2, 0) is 10.8 Å². The van der Waals surface area contributed by atoms with Gasteiger partial charge in [0, 0.05) is 22.3 Å². The van der Waals surface area contributed by atoms with E-state index in [4.69, 9.17) is 9.47 Å². The molecule has 5 aromatic rings. The molecule has 46 heavy (non-hydrogen) atoms. The van der Waals surface area contributed by atoms with Crippen LogP contribution in [-0.4, -0.2) is 12.4 Å². The van der Waals surface area contributed by atoms with Crippen LogP contribution in [0.15, 0.2) is 97.1 Å². The van der Waals surface area contributed by atoms with Gasteiger partial charge in [-0.2, -0.15) is 26.3 Å². The minimum absolute atomic E-state index is 0.0716. The van der Waals surface area contributed by atoms with E-state index in [-0.39, 0.29) is 56.4 Å². The molecule has 0 bridgehead atoms. The van der Waals surface area contributed by atoms with Crippen LogP contribution in [0.25, 0.3) is 0 Å². The Kier molecular flexibility index (Phi) is 6.44. The predicted octanol–water partition coefficient (Wildman–Crippen LogP) is 10.9. The van der Waals surface area contributed by atoms with Crippen molar-refractivity contribution >= 4 is 0 Å². The van der Waals surface area contributed by atoms with E-state index in [0.717, 1.165) is 12.1 Å². The number of hydrogen-bond acceptors (Lipinski definition) is 2. The first-order valence-corrected chi connectivity index (χ1v) is 14.7. The van der Waals surface area contributed by atoms with Crippen molar-refractivity contribution in [1.82, 2.24) is 0 Å². The zero-order valence-electron chi connectivity index (χ0n) is 25.3. The van der Waals surface area contributed by atoms with Gasteiger partial charge < -0.3 is 9.47 Å². The molecular formula is C38H28F6O2. The Morgan fingerprint density at radius 1 is 0.413 bits per heavy atom. The van der Waals surface area contributed by atoms with Gasteiger partial charge >= 0.3 is 12.4 Å². The molecule has 2 unspecified atom stereocenters. The van der Waals surface area contributed by atoms with Crippen molar-refractivity contribution in [3.8, 4) is 23.0 Å². The van der Waals surface area contributed by atoms with Crippen molar-refractivity contribution in [2.75, 3.05) is 0 Å². The van der Waals surface area contributed by atoms with Gasteiger partial charge in [-0.15, -0.1) is 0 Å². The van der Waals surface area contributed by atoms with Gasteiger partial charge in [0.1, 0.15) is 33.8 Å². The Bertz CT molecular complexity index is 1870. The van der Waals surface area contributed by atoms with E-state index in [1.54, 1.807) is 39.8 Å². The highest BCUT2D eigenvalue weighted by Crippen LogP contribution is 2.65. The fourth-order valence-corrected chi connectivity index (χ4v) is 7.11. The summed E-state index contributed by atoms with van der Waals surface area (Å²) in [4.78, 5) is 0. The van der Waals surface area contributed by atoms with Gasteiger partial charge in [0.05, 0.1) is 0 Å². The monoisotopic (exact) mass is 630 g/mol. The molecule has 0 fully saturated rings. The summed E-state index contributed by atoms with van der Waals surface area (Å²) in [5.74, 6) is -0.789. The molecule has 5 aromatic carbocycles. The van der Waals surface area contributed by atoms with Gasteiger partial charge in [0.15, 0.2) is 0 Å². The molecule has 2 atom stereocenters. The number of fused-ring (bicyclic) bond motifs is 4. The number of benzene rings is 5. The zero-order chi connectivity index (χ0) is 32.8. The molecule has 0 N–H and O–H groups in total. The lowest BCUT2D eigenvalue weighted by atomic mass is 9.63. The predicted molar refractivity (Wildman–Crippen MR) is 163 cm³/mol. The Morgan fingerprint density at radius 2 is 0.696 bits per heavy atom. The normalized spacial score (nSPS) is 20.0. The average molecular weight is 631 g/mol. The number of halogens is 6. The number of alkyl halides is 6. The molecule has 0 amide bonds. The second-order valence-corrected chi connectivity index (χ2v) is 12.1. The molecule has 2 nitrogen and oxygen atoms in total. The average Bonchev–Trinajstić information content (AvgIpc) is 2.99. The second-order valence-electron chi connectivity index (χ2n) is 12.1. The van der Waals surface area contributed by atoms with Crippen LogP contribution >= 0.6 is 0 Å². The highest BCUT2D eigenvalue weighted by molar-refractivity contribution is 5.73. The van der Waals surface area contributed by atoms with Crippen LogP contribution in [0.4, 0.5) is 26.3 Å². The minimum atomic E-state index is -4.93. The minimum Gasteiger partial charge on any atom is -0.457 e. The third kappa shape index (κ3) is 3.91. The van der Waals surface area contributed by atoms with Crippen molar-refractivity contribution in [2.24, 2.45) is 0 Å². The quantitative estimate of drug-likeness (QED) is 0.181. The van der Waals surface area contributed by atoms with E-state index in [2.05, 4.69) is 0 Å². The van der Waals surface area contributed by atoms with Gasteiger partial charge in [0.2, 0.25) is 0 Å². The Labute approximate surface area is 262 Å². The maximum atomic E-state index is 16.0. The number of aryl methyl sites for hydroxylation is 4. The standard InChI is InChI=1S/C38H28F6O2/c1-21-15-27-31(17-23(21)3)45-33-20-30-34(19-29(33)35(27,37(39,40)41)25-11-7-5-8-12-25)46-32-18-24(4)22(2)16-28(32)36(30,38(42,43)44)26-13-9-6-10-14-26/h5-20H,1-4H3. The lowest BCUT2D eigenvalue weighted by molar-refractivity contribution is -0.170. The van der Waals surface area contributed by atoms with Gasteiger partial charge in [-0.05, 0) is 85.3 Å². The lowest BCUT2D eigenvalue weighted by Gasteiger charge is -2.45. The lowest BCUT2D eigenvalue weighted by Crippen LogP contribution is -2.48. The fraction of sp³-hybridized carbons (Fsp3) is 0.211. The largest absolute Gasteiger partial charge is 0.457 e. The van der Waals surface area contributed by atoms with Crippen LogP contribution < -0.4 is 9.47 Å². The molecule has 2 aliphatic heterocycles. The summed E-state index contributed by atoms with van der Waals surface area (Å²) >= 11 is 0.